The van der Waals surface area contributed by atoms with Gasteiger partial charge in [-0.2, -0.15) is 0 Å². The van der Waals surface area contributed by atoms with E-state index in [1.807, 2.05) is 36.4 Å². The van der Waals surface area contributed by atoms with Crippen LogP contribution in [0.3, 0.4) is 0 Å². The molecular formula is C34H32FN5O5. The maximum Gasteiger partial charge on any atom is 0.323 e. The van der Waals surface area contributed by atoms with Crippen LogP contribution < -0.4 is 15.5 Å². The fourth-order valence-electron chi connectivity index (χ4n) is 5.19. The number of benzene rings is 3. The molecule has 2 aromatic heterocycles. The topological polar surface area (TPSA) is 130 Å². The van der Waals surface area contributed by atoms with Crippen LogP contribution in [-0.4, -0.2) is 53.2 Å². The average Bonchev–Trinajstić information content (AvgIpc) is 3.53. The number of Topliss-reactive ketones (excluding diaryl/α,β-unsaturated/α-hetero) is 1. The smallest absolute Gasteiger partial charge is 0.323 e. The first-order valence-electron chi connectivity index (χ1n) is 14.6. The highest BCUT2D eigenvalue weighted by Gasteiger charge is 2.19. The molecule has 1 atom stereocenters. The van der Waals surface area contributed by atoms with Crippen LogP contribution in [0.5, 0.6) is 0 Å². The third-order valence-electron chi connectivity index (χ3n) is 7.45. The summed E-state index contributed by atoms with van der Waals surface area (Å²) >= 11 is 0. The van der Waals surface area contributed by atoms with E-state index in [0.717, 1.165) is 27.8 Å². The van der Waals surface area contributed by atoms with Gasteiger partial charge in [-0.15, -0.1) is 0 Å². The molecule has 1 fully saturated rings. The molecule has 0 radical (unpaired) electrons. The molecule has 2 amide bonds. The molecule has 0 bridgehead atoms. The van der Waals surface area contributed by atoms with Gasteiger partial charge in [0.25, 0.3) is 0 Å². The van der Waals surface area contributed by atoms with E-state index in [9.17, 15) is 19.1 Å². The minimum atomic E-state index is -0.712. The summed E-state index contributed by atoms with van der Waals surface area (Å²) in [5.41, 5.74) is 3.33. The molecule has 0 aliphatic carbocycles. The first-order chi connectivity index (χ1) is 21.7. The number of ether oxygens (including phenoxy) is 1. The van der Waals surface area contributed by atoms with E-state index in [2.05, 4.69) is 15.5 Å². The van der Waals surface area contributed by atoms with Gasteiger partial charge >= 0.3 is 6.03 Å². The maximum absolute atomic E-state index is 14.5. The van der Waals surface area contributed by atoms with Gasteiger partial charge in [0, 0.05) is 41.7 Å². The van der Waals surface area contributed by atoms with E-state index in [1.165, 1.54) is 19.1 Å². The van der Waals surface area contributed by atoms with E-state index in [0.29, 0.717) is 54.9 Å². The second-order valence-corrected chi connectivity index (χ2v) is 10.9. The number of fused-ring (bicyclic) bond motifs is 1. The Labute approximate surface area is 258 Å². The van der Waals surface area contributed by atoms with Gasteiger partial charge in [-0.25, -0.2) is 19.2 Å². The van der Waals surface area contributed by atoms with Crippen LogP contribution in [0, 0.1) is 5.82 Å². The summed E-state index contributed by atoms with van der Waals surface area (Å²) in [5.74, 6) is 1.72. The van der Waals surface area contributed by atoms with E-state index in [1.54, 1.807) is 31.2 Å². The second-order valence-electron chi connectivity index (χ2n) is 10.9. The summed E-state index contributed by atoms with van der Waals surface area (Å²) in [6.07, 6.45) is -0.587. The van der Waals surface area contributed by atoms with Crippen LogP contribution in [0.15, 0.2) is 77.2 Å². The highest BCUT2D eigenvalue weighted by molar-refractivity contribution is 6.00. The molecule has 5 aromatic rings. The molecule has 230 valence electrons. The van der Waals surface area contributed by atoms with E-state index in [-0.39, 0.29) is 17.9 Å². The summed E-state index contributed by atoms with van der Waals surface area (Å²) < 4.78 is 25.9. The number of furan rings is 1. The average molecular weight is 610 g/mol. The Hall–Kier alpha value is -5.13. The van der Waals surface area contributed by atoms with Gasteiger partial charge in [0.1, 0.15) is 35.0 Å². The number of morpholine rings is 1. The Bertz CT molecular complexity index is 1870. The molecule has 11 heteroatoms. The summed E-state index contributed by atoms with van der Waals surface area (Å²) in [6.45, 7) is 5.68. The number of halogens is 1. The van der Waals surface area contributed by atoms with E-state index >= 15 is 0 Å². The van der Waals surface area contributed by atoms with Gasteiger partial charge < -0.3 is 29.8 Å². The Morgan fingerprint density at radius 3 is 2.40 bits per heavy atom. The molecule has 10 nitrogen and oxygen atoms in total. The number of aliphatic hydroxyl groups excluding tert-OH is 1. The number of amides is 2. The molecule has 3 aromatic carbocycles. The minimum absolute atomic E-state index is 0.00708. The van der Waals surface area contributed by atoms with Crippen LogP contribution in [-0.2, 0) is 16.0 Å². The molecular weight excluding hydrogens is 577 g/mol. The number of hydrogen-bond donors (Lipinski definition) is 3. The lowest BCUT2D eigenvalue weighted by molar-refractivity contribution is -0.116. The number of ketones is 1. The molecule has 1 aliphatic rings. The normalized spacial score (nSPS) is 13.9. The third-order valence-corrected chi connectivity index (χ3v) is 7.45. The van der Waals surface area contributed by atoms with Crippen LogP contribution in [0.25, 0.3) is 33.6 Å². The Balaban J connectivity index is 1.25. The van der Waals surface area contributed by atoms with E-state index in [4.69, 9.17) is 19.1 Å². The Kier molecular flexibility index (Phi) is 8.54. The number of aliphatic hydroxyl groups is 1. The van der Waals surface area contributed by atoms with Crippen molar-refractivity contribution in [2.45, 2.75) is 26.4 Å². The highest BCUT2D eigenvalue weighted by Crippen LogP contribution is 2.33. The fourth-order valence-corrected chi connectivity index (χ4v) is 5.19. The fraction of sp³-hybridized carbons (Fsp3) is 0.235. The zero-order valence-electron chi connectivity index (χ0n) is 24.8. The second kappa shape index (κ2) is 12.8. The van der Waals surface area contributed by atoms with Crippen LogP contribution in [0.1, 0.15) is 31.3 Å². The predicted octanol–water partition coefficient (Wildman–Crippen LogP) is 6.36. The largest absolute Gasteiger partial charge is 0.458 e. The van der Waals surface area contributed by atoms with Gasteiger partial charge in [0.15, 0.2) is 5.82 Å². The molecule has 3 N–H and O–H groups in total. The number of carbonyl (C=O) groups is 2. The molecule has 1 aliphatic heterocycles. The maximum atomic E-state index is 14.5. The summed E-state index contributed by atoms with van der Waals surface area (Å²) in [4.78, 5) is 35.9. The van der Waals surface area contributed by atoms with Crippen molar-refractivity contribution in [3.63, 3.8) is 0 Å². The number of anilines is 3. The lowest BCUT2D eigenvalue weighted by Crippen LogP contribution is -2.37. The minimum Gasteiger partial charge on any atom is -0.458 e. The molecule has 1 saturated heterocycles. The lowest BCUT2D eigenvalue weighted by atomic mass is 10.1. The summed E-state index contributed by atoms with van der Waals surface area (Å²) in [5, 5.41) is 16.0. The predicted molar refractivity (Wildman–Crippen MR) is 170 cm³/mol. The van der Waals surface area contributed by atoms with E-state index < -0.39 is 18.0 Å². The van der Waals surface area contributed by atoms with Gasteiger partial charge in [-0.05, 0) is 80.1 Å². The van der Waals surface area contributed by atoms with Gasteiger partial charge in [0.2, 0.25) is 0 Å². The summed E-state index contributed by atoms with van der Waals surface area (Å²) in [6, 6.07) is 20.2. The van der Waals surface area contributed by atoms with Crippen molar-refractivity contribution in [1.29, 1.82) is 0 Å². The first-order valence-corrected chi connectivity index (χ1v) is 14.6. The number of nitrogens with one attached hydrogen (secondary N) is 2. The van der Waals surface area contributed by atoms with Crippen LogP contribution in [0.4, 0.5) is 26.4 Å². The standard InChI is InChI=1S/C34H32FN5O5/c1-20(41)17-22-3-10-28(27(35)18-22)38-34(43)36-25-7-4-23(5-8-25)32-37-29-19-24(31-12-11-30(45-31)21(2)42)6-9-26(29)33(39-32)40-13-15-44-16-14-40/h3-12,18-19,21,42H,13-17H2,1-2H3,(H2,36,38,43). The first kappa shape index (κ1) is 29.9. The number of aromatic nitrogens is 2. The van der Waals surface area contributed by atoms with Crippen LogP contribution in [0.2, 0.25) is 0 Å². The number of rotatable bonds is 8. The number of nitrogens with zero attached hydrogens (tertiary/aromatic N) is 3. The van der Waals surface area contributed by atoms with Crippen molar-refractivity contribution >= 4 is 39.9 Å². The number of carbonyl (C=O) groups excluding carboxylic acids is 2. The molecule has 3 heterocycles. The van der Waals surface area contributed by atoms with Crippen molar-refractivity contribution in [1.82, 2.24) is 9.97 Å². The van der Waals surface area contributed by atoms with Crippen molar-refractivity contribution < 1.29 is 28.2 Å². The molecule has 6 rings (SSSR count). The van der Waals surface area contributed by atoms with Crippen molar-refractivity contribution in [2.24, 2.45) is 0 Å². The SMILES string of the molecule is CC(=O)Cc1ccc(NC(=O)Nc2ccc(-c3nc(N4CCOCC4)c4ccc(-c5ccc(C(C)O)o5)cc4n3)cc2)c(F)c1. The van der Waals surface area contributed by atoms with Gasteiger partial charge in [0.05, 0.1) is 24.4 Å². The van der Waals surface area contributed by atoms with Crippen molar-refractivity contribution in [3.8, 4) is 22.7 Å². The molecule has 0 spiro atoms. The lowest BCUT2D eigenvalue weighted by Gasteiger charge is -2.29. The number of hydrogen-bond acceptors (Lipinski definition) is 8. The quantitative estimate of drug-likeness (QED) is 0.185. The Morgan fingerprint density at radius 2 is 1.71 bits per heavy atom. The number of urea groups is 1. The zero-order chi connectivity index (χ0) is 31.5. The van der Waals surface area contributed by atoms with Crippen molar-refractivity contribution in [3.05, 3.63) is 89.9 Å². The summed E-state index contributed by atoms with van der Waals surface area (Å²) in [7, 11) is 0. The highest BCUT2D eigenvalue weighted by atomic mass is 19.1. The molecule has 1 unspecified atom stereocenters. The van der Waals surface area contributed by atoms with Gasteiger partial charge in [-0.3, -0.25) is 4.79 Å². The monoisotopic (exact) mass is 609 g/mol. The van der Waals surface area contributed by atoms with Crippen molar-refractivity contribution in [2.75, 3.05) is 41.8 Å². The Morgan fingerprint density at radius 1 is 0.956 bits per heavy atom. The zero-order valence-corrected chi connectivity index (χ0v) is 24.8. The third kappa shape index (κ3) is 6.84. The molecule has 0 saturated carbocycles. The van der Waals surface area contributed by atoms with Crippen LogP contribution >= 0.6 is 0 Å². The molecule has 45 heavy (non-hydrogen) atoms. The van der Waals surface area contributed by atoms with Gasteiger partial charge in [-0.1, -0.05) is 12.1 Å².